The summed E-state index contributed by atoms with van der Waals surface area (Å²) in [6, 6.07) is 12.6. The zero-order chi connectivity index (χ0) is 14.7. The number of hydrogen-bond acceptors (Lipinski definition) is 3. The minimum atomic E-state index is -0.951. The second kappa shape index (κ2) is 5.45. The van der Waals surface area contributed by atoms with Crippen LogP contribution >= 0.6 is 0 Å². The number of nitrogens with zero attached hydrogens (tertiary/aromatic N) is 1. The van der Waals surface area contributed by atoms with Gasteiger partial charge in [-0.3, -0.25) is 0 Å². The van der Waals surface area contributed by atoms with Gasteiger partial charge in [0.15, 0.2) is 0 Å². The Bertz CT molecular complexity index is 715. The number of benzene rings is 2. The van der Waals surface area contributed by atoms with Crippen molar-refractivity contribution in [3.63, 3.8) is 0 Å². The predicted octanol–water partition coefficient (Wildman–Crippen LogP) is 3.62. The van der Waals surface area contributed by atoms with Crippen molar-refractivity contribution in [2.45, 2.75) is 13.8 Å². The van der Waals surface area contributed by atoms with Crippen molar-refractivity contribution >= 4 is 17.3 Å². The van der Waals surface area contributed by atoms with Crippen LogP contribution in [0.1, 0.15) is 27.0 Å². The Morgan fingerprint density at radius 3 is 2.50 bits per heavy atom. The molecular weight excluding hydrogens is 252 g/mol. The smallest absolute Gasteiger partial charge is 0.335 e. The van der Waals surface area contributed by atoms with E-state index in [0.29, 0.717) is 5.56 Å². The number of nitrogens with one attached hydrogen (secondary N) is 1. The number of carbonyl (C=O) groups is 1. The minimum Gasteiger partial charge on any atom is -0.478 e. The lowest BCUT2D eigenvalue weighted by Gasteiger charge is -2.12. The van der Waals surface area contributed by atoms with E-state index in [9.17, 15) is 10.1 Å². The van der Waals surface area contributed by atoms with Crippen LogP contribution in [0.5, 0.6) is 0 Å². The molecule has 100 valence electrons. The van der Waals surface area contributed by atoms with Gasteiger partial charge >= 0.3 is 5.97 Å². The first-order chi connectivity index (χ1) is 9.52. The third kappa shape index (κ3) is 2.62. The predicted molar refractivity (Wildman–Crippen MR) is 77.3 cm³/mol. The fourth-order valence-electron chi connectivity index (χ4n) is 2.00. The van der Waals surface area contributed by atoms with Crippen LogP contribution in [0.3, 0.4) is 0 Å². The van der Waals surface area contributed by atoms with E-state index < -0.39 is 5.97 Å². The highest BCUT2D eigenvalue weighted by Gasteiger charge is 2.09. The third-order valence-electron chi connectivity index (χ3n) is 3.13. The van der Waals surface area contributed by atoms with E-state index in [-0.39, 0.29) is 5.56 Å². The van der Waals surface area contributed by atoms with Gasteiger partial charge < -0.3 is 10.4 Å². The molecule has 0 saturated carbocycles. The van der Waals surface area contributed by atoms with Crippen LogP contribution in [0.2, 0.25) is 0 Å². The normalized spacial score (nSPS) is 9.85. The standard InChI is InChI=1S/C16H14N2O2/c1-10-4-3-5-15(13(10)9-17)18-14-7-6-12(16(19)20)8-11(14)2/h3-8,18H,1-2H3,(H,19,20). The number of nitriles is 1. The van der Waals surface area contributed by atoms with Crippen LogP contribution in [-0.2, 0) is 0 Å². The van der Waals surface area contributed by atoms with Crippen molar-refractivity contribution in [1.82, 2.24) is 0 Å². The second-order valence-corrected chi connectivity index (χ2v) is 4.57. The molecule has 0 aliphatic carbocycles. The summed E-state index contributed by atoms with van der Waals surface area (Å²) >= 11 is 0. The van der Waals surface area contributed by atoms with Crippen molar-refractivity contribution in [2.24, 2.45) is 0 Å². The molecule has 0 aromatic heterocycles. The average Bonchev–Trinajstić information content (AvgIpc) is 2.41. The summed E-state index contributed by atoms with van der Waals surface area (Å²) in [5, 5.41) is 21.3. The summed E-state index contributed by atoms with van der Waals surface area (Å²) in [6.07, 6.45) is 0. The second-order valence-electron chi connectivity index (χ2n) is 4.57. The zero-order valence-electron chi connectivity index (χ0n) is 11.3. The minimum absolute atomic E-state index is 0.248. The number of rotatable bonds is 3. The third-order valence-corrected chi connectivity index (χ3v) is 3.13. The van der Waals surface area contributed by atoms with Crippen LogP contribution in [0.25, 0.3) is 0 Å². The molecule has 4 nitrogen and oxygen atoms in total. The van der Waals surface area contributed by atoms with E-state index in [1.807, 2.05) is 32.0 Å². The van der Waals surface area contributed by atoms with E-state index in [1.54, 1.807) is 18.2 Å². The van der Waals surface area contributed by atoms with Gasteiger partial charge in [0.05, 0.1) is 16.8 Å². The first-order valence-electron chi connectivity index (χ1n) is 6.13. The van der Waals surface area contributed by atoms with E-state index >= 15 is 0 Å². The molecule has 0 atom stereocenters. The Morgan fingerprint density at radius 2 is 1.90 bits per heavy atom. The maximum Gasteiger partial charge on any atom is 0.335 e. The first kappa shape index (κ1) is 13.6. The van der Waals surface area contributed by atoms with Gasteiger partial charge in [0.25, 0.3) is 0 Å². The van der Waals surface area contributed by atoms with Gasteiger partial charge in [0.2, 0.25) is 0 Å². The monoisotopic (exact) mass is 266 g/mol. The van der Waals surface area contributed by atoms with Crippen molar-refractivity contribution < 1.29 is 9.90 Å². The van der Waals surface area contributed by atoms with Gasteiger partial charge in [-0.05, 0) is 49.2 Å². The molecule has 20 heavy (non-hydrogen) atoms. The van der Waals surface area contributed by atoms with Crippen molar-refractivity contribution in [3.8, 4) is 6.07 Å². The lowest BCUT2D eigenvalue weighted by atomic mass is 10.1. The maximum absolute atomic E-state index is 10.9. The summed E-state index contributed by atoms with van der Waals surface area (Å²) < 4.78 is 0. The van der Waals surface area contributed by atoms with Gasteiger partial charge in [-0.15, -0.1) is 0 Å². The van der Waals surface area contributed by atoms with Crippen molar-refractivity contribution in [1.29, 1.82) is 5.26 Å². The van der Waals surface area contributed by atoms with E-state index in [4.69, 9.17) is 5.11 Å². The van der Waals surface area contributed by atoms with Crippen LogP contribution in [-0.4, -0.2) is 11.1 Å². The SMILES string of the molecule is Cc1cc(C(=O)O)ccc1Nc1cccc(C)c1C#N. The number of aryl methyl sites for hydroxylation is 2. The fourth-order valence-corrected chi connectivity index (χ4v) is 2.00. The number of carboxylic acid groups (broad SMARTS) is 1. The summed E-state index contributed by atoms with van der Waals surface area (Å²) in [6.45, 7) is 3.71. The largest absolute Gasteiger partial charge is 0.478 e. The number of aromatic carboxylic acids is 1. The Labute approximate surface area is 117 Å². The summed E-state index contributed by atoms with van der Waals surface area (Å²) in [4.78, 5) is 10.9. The molecule has 0 amide bonds. The Hall–Kier alpha value is -2.80. The van der Waals surface area contributed by atoms with Gasteiger partial charge in [-0.2, -0.15) is 5.26 Å². The van der Waals surface area contributed by atoms with E-state index in [0.717, 1.165) is 22.5 Å². The first-order valence-corrected chi connectivity index (χ1v) is 6.13. The molecule has 0 fully saturated rings. The molecule has 4 heteroatoms. The highest BCUT2D eigenvalue weighted by molar-refractivity contribution is 5.88. The fraction of sp³-hybridized carbons (Fsp3) is 0.125. The molecule has 0 aliphatic heterocycles. The molecule has 0 heterocycles. The zero-order valence-corrected chi connectivity index (χ0v) is 11.3. The van der Waals surface area contributed by atoms with Gasteiger partial charge in [-0.1, -0.05) is 12.1 Å². The van der Waals surface area contributed by atoms with E-state index in [2.05, 4.69) is 11.4 Å². The molecule has 2 aromatic rings. The Morgan fingerprint density at radius 1 is 1.15 bits per heavy atom. The van der Waals surface area contributed by atoms with Crippen LogP contribution in [0.4, 0.5) is 11.4 Å². The molecule has 0 saturated heterocycles. The molecule has 0 radical (unpaired) electrons. The molecule has 2 N–H and O–H groups in total. The number of hydrogen-bond donors (Lipinski definition) is 2. The Balaban J connectivity index is 2.39. The molecule has 0 unspecified atom stereocenters. The van der Waals surface area contributed by atoms with Crippen molar-refractivity contribution in [2.75, 3.05) is 5.32 Å². The van der Waals surface area contributed by atoms with Gasteiger partial charge in [0, 0.05) is 5.69 Å². The summed E-state index contributed by atoms with van der Waals surface area (Å²) in [7, 11) is 0. The molecule has 2 aromatic carbocycles. The molecule has 0 bridgehead atoms. The molecule has 0 aliphatic rings. The van der Waals surface area contributed by atoms with Crippen LogP contribution in [0, 0.1) is 25.2 Å². The average molecular weight is 266 g/mol. The summed E-state index contributed by atoms with van der Waals surface area (Å²) in [5.41, 5.74) is 4.07. The number of carboxylic acids is 1. The summed E-state index contributed by atoms with van der Waals surface area (Å²) in [5.74, 6) is -0.951. The molecular formula is C16H14N2O2. The quantitative estimate of drug-likeness (QED) is 0.889. The maximum atomic E-state index is 10.9. The number of anilines is 2. The van der Waals surface area contributed by atoms with Crippen molar-refractivity contribution in [3.05, 3.63) is 58.7 Å². The lowest BCUT2D eigenvalue weighted by Crippen LogP contribution is -2.00. The molecule has 2 rings (SSSR count). The van der Waals surface area contributed by atoms with Crippen LogP contribution < -0.4 is 5.32 Å². The highest BCUT2D eigenvalue weighted by Crippen LogP contribution is 2.25. The Kier molecular flexibility index (Phi) is 3.72. The lowest BCUT2D eigenvalue weighted by molar-refractivity contribution is 0.0697. The van der Waals surface area contributed by atoms with E-state index in [1.165, 1.54) is 0 Å². The highest BCUT2D eigenvalue weighted by atomic mass is 16.4. The molecule has 0 spiro atoms. The van der Waals surface area contributed by atoms with Gasteiger partial charge in [0.1, 0.15) is 6.07 Å². The topological polar surface area (TPSA) is 73.1 Å². The van der Waals surface area contributed by atoms with Crippen LogP contribution in [0.15, 0.2) is 36.4 Å². The van der Waals surface area contributed by atoms with Gasteiger partial charge in [-0.25, -0.2) is 4.79 Å².